The molecule has 1 N–H and O–H groups in total. The lowest BCUT2D eigenvalue weighted by atomic mass is 10.1. The number of carbonyl (C=O) groups is 1. The first kappa shape index (κ1) is 21.8. The molecule has 7 nitrogen and oxygen atoms in total. The van der Waals surface area contributed by atoms with E-state index >= 15 is 0 Å². The Morgan fingerprint density at radius 2 is 1.78 bits per heavy atom. The maximum atomic E-state index is 12.5. The van der Waals surface area contributed by atoms with Gasteiger partial charge in [-0.1, -0.05) is 36.4 Å². The monoisotopic (exact) mass is 431 g/mol. The molecule has 0 saturated carbocycles. The van der Waals surface area contributed by atoms with Gasteiger partial charge < -0.3 is 19.9 Å². The summed E-state index contributed by atoms with van der Waals surface area (Å²) in [5.74, 6) is 1.29. The van der Waals surface area contributed by atoms with Crippen LogP contribution in [0.15, 0.2) is 67.0 Å². The number of nitrogens with zero attached hydrogens (tertiary/aromatic N) is 4. The molecule has 2 aromatic heterocycles. The smallest absolute Gasteiger partial charge is 0.253 e. The standard InChI is InChI=1S/C25H29N5O2/c1-19(21-6-4-3-5-7-21)32-24-11-9-22(18-27-24)25(31)28-17-20-8-10-23(26-16-20)30-14-12-29(2)13-15-30/h3-11,16,18-19H,12-15,17H2,1-2H3,(H,28,31)/t19-/m0/s1. The second-order valence-corrected chi connectivity index (χ2v) is 8.05. The highest BCUT2D eigenvalue weighted by molar-refractivity contribution is 5.93. The van der Waals surface area contributed by atoms with Crippen molar-refractivity contribution in [3.05, 3.63) is 83.7 Å². The average molecular weight is 432 g/mol. The number of aromatic nitrogens is 2. The highest BCUT2D eigenvalue weighted by atomic mass is 16.5. The van der Waals surface area contributed by atoms with Crippen molar-refractivity contribution in [2.75, 3.05) is 38.1 Å². The van der Waals surface area contributed by atoms with Crippen LogP contribution in [-0.4, -0.2) is 54.0 Å². The van der Waals surface area contributed by atoms with Crippen molar-refractivity contribution in [3.8, 4) is 5.88 Å². The fraction of sp³-hybridized carbons (Fsp3) is 0.320. The van der Waals surface area contributed by atoms with Crippen LogP contribution in [0.1, 0.15) is 34.5 Å². The summed E-state index contributed by atoms with van der Waals surface area (Å²) in [6.07, 6.45) is 3.25. The molecule has 1 fully saturated rings. The second kappa shape index (κ2) is 10.2. The first-order valence-electron chi connectivity index (χ1n) is 10.9. The molecule has 1 aliphatic rings. The van der Waals surface area contributed by atoms with E-state index in [1.807, 2.05) is 55.6 Å². The molecule has 1 aliphatic heterocycles. The molecule has 3 aromatic rings. The van der Waals surface area contributed by atoms with Crippen LogP contribution < -0.4 is 15.0 Å². The highest BCUT2D eigenvalue weighted by Crippen LogP contribution is 2.20. The van der Waals surface area contributed by atoms with Gasteiger partial charge in [0, 0.05) is 51.2 Å². The average Bonchev–Trinajstić information content (AvgIpc) is 2.84. The minimum Gasteiger partial charge on any atom is -0.470 e. The minimum atomic E-state index is -0.177. The summed E-state index contributed by atoms with van der Waals surface area (Å²) in [7, 11) is 2.14. The van der Waals surface area contributed by atoms with E-state index in [0.29, 0.717) is 18.0 Å². The Balaban J connectivity index is 1.27. The lowest BCUT2D eigenvalue weighted by Gasteiger charge is -2.33. The van der Waals surface area contributed by atoms with Gasteiger partial charge in [-0.05, 0) is 37.2 Å². The third-order valence-corrected chi connectivity index (χ3v) is 5.65. The van der Waals surface area contributed by atoms with E-state index in [1.54, 1.807) is 12.1 Å². The Bertz CT molecular complexity index is 1000. The van der Waals surface area contributed by atoms with Crippen LogP contribution in [0.5, 0.6) is 5.88 Å². The normalized spacial score (nSPS) is 15.2. The van der Waals surface area contributed by atoms with E-state index in [1.165, 1.54) is 6.20 Å². The van der Waals surface area contributed by atoms with Gasteiger partial charge in [-0.15, -0.1) is 0 Å². The van der Waals surface area contributed by atoms with Gasteiger partial charge in [0.05, 0.1) is 5.56 Å². The number of rotatable bonds is 7. The van der Waals surface area contributed by atoms with Crippen LogP contribution in [0.4, 0.5) is 5.82 Å². The first-order chi connectivity index (χ1) is 15.6. The molecule has 1 amide bonds. The van der Waals surface area contributed by atoms with Gasteiger partial charge in [0.2, 0.25) is 5.88 Å². The highest BCUT2D eigenvalue weighted by Gasteiger charge is 2.15. The van der Waals surface area contributed by atoms with Gasteiger partial charge in [0.1, 0.15) is 11.9 Å². The molecule has 1 saturated heterocycles. The maximum Gasteiger partial charge on any atom is 0.253 e. The topological polar surface area (TPSA) is 70.6 Å². The molecule has 0 radical (unpaired) electrons. The van der Waals surface area contributed by atoms with E-state index in [2.05, 4.69) is 32.1 Å². The van der Waals surface area contributed by atoms with Crippen LogP contribution in [-0.2, 0) is 6.54 Å². The summed E-state index contributed by atoms with van der Waals surface area (Å²) in [5, 5.41) is 2.93. The van der Waals surface area contributed by atoms with Crippen molar-refractivity contribution in [1.82, 2.24) is 20.2 Å². The summed E-state index contributed by atoms with van der Waals surface area (Å²) >= 11 is 0. The number of pyridine rings is 2. The van der Waals surface area contributed by atoms with Gasteiger partial charge >= 0.3 is 0 Å². The molecule has 0 unspecified atom stereocenters. The molecule has 166 valence electrons. The quantitative estimate of drug-likeness (QED) is 0.619. The van der Waals surface area contributed by atoms with Crippen LogP contribution in [0.25, 0.3) is 0 Å². The summed E-state index contributed by atoms with van der Waals surface area (Å²) in [6, 6.07) is 17.4. The minimum absolute atomic E-state index is 0.121. The summed E-state index contributed by atoms with van der Waals surface area (Å²) in [4.78, 5) is 26.0. The van der Waals surface area contributed by atoms with Gasteiger partial charge in [0.25, 0.3) is 5.91 Å². The molecule has 0 spiro atoms. The summed E-state index contributed by atoms with van der Waals surface area (Å²) < 4.78 is 5.87. The lowest BCUT2D eigenvalue weighted by Crippen LogP contribution is -2.44. The number of hydrogen-bond donors (Lipinski definition) is 1. The van der Waals surface area contributed by atoms with Crippen molar-refractivity contribution >= 4 is 11.7 Å². The number of piperazine rings is 1. The van der Waals surface area contributed by atoms with Crippen LogP contribution in [0.2, 0.25) is 0 Å². The number of nitrogens with one attached hydrogen (secondary N) is 1. The fourth-order valence-electron chi connectivity index (χ4n) is 3.59. The molecular weight excluding hydrogens is 402 g/mol. The molecular formula is C25H29N5O2. The van der Waals surface area contributed by atoms with Gasteiger partial charge in [-0.25, -0.2) is 9.97 Å². The largest absolute Gasteiger partial charge is 0.470 e. The third-order valence-electron chi connectivity index (χ3n) is 5.65. The zero-order valence-electron chi connectivity index (χ0n) is 18.6. The number of ether oxygens (including phenoxy) is 1. The molecule has 4 rings (SSSR count). The molecule has 32 heavy (non-hydrogen) atoms. The number of carbonyl (C=O) groups excluding carboxylic acids is 1. The summed E-state index contributed by atoms with van der Waals surface area (Å²) in [5.41, 5.74) is 2.52. The Morgan fingerprint density at radius 1 is 1.00 bits per heavy atom. The molecule has 7 heteroatoms. The van der Waals surface area contributed by atoms with E-state index < -0.39 is 0 Å². The Labute approximate surface area is 189 Å². The van der Waals surface area contributed by atoms with Crippen molar-refractivity contribution in [1.29, 1.82) is 0 Å². The van der Waals surface area contributed by atoms with Gasteiger partial charge in [0.15, 0.2) is 0 Å². The van der Waals surface area contributed by atoms with Crippen molar-refractivity contribution < 1.29 is 9.53 Å². The van der Waals surface area contributed by atoms with Crippen molar-refractivity contribution in [3.63, 3.8) is 0 Å². The van der Waals surface area contributed by atoms with Gasteiger partial charge in [-0.2, -0.15) is 0 Å². The first-order valence-corrected chi connectivity index (χ1v) is 10.9. The predicted octanol–water partition coefficient (Wildman–Crippen LogP) is 3.30. The van der Waals surface area contributed by atoms with Crippen LogP contribution in [0, 0.1) is 0 Å². The third kappa shape index (κ3) is 5.62. The number of hydrogen-bond acceptors (Lipinski definition) is 6. The van der Waals surface area contributed by atoms with E-state index in [9.17, 15) is 4.79 Å². The number of likely N-dealkylation sites (N-methyl/N-ethyl adjacent to an activating group) is 1. The van der Waals surface area contributed by atoms with Crippen LogP contribution in [0.3, 0.4) is 0 Å². The zero-order valence-corrected chi connectivity index (χ0v) is 18.6. The molecule has 3 heterocycles. The molecule has 1 aromatic carbocycles. The number of anilines is 1. The molecule has 0 aliphatic carbocycles. The fourth-order valence-corrected chi connectivity index (χ4v) is 3.59. The predicted molar refractivity (Wildman–Crippen MR) is 125 cm³/mol. The lowest BCUT2D eigenvalue weighted by molar-refractivity contribution is 0.0950. The molecule has 1 atom stereocenters. The second-order valence-electron chi connectivity index (χ2n) is 8.05. The number of amides is 1. The van der Waals surface area contributed by atoms with E-state index in [0.717, 1.165) is 43.1 Å². The SMILES string of the molecule is C[C@H](Oc1ccc(C(=O)NCc2ccc(N3CCN(C)CC3)nc2)cn1)c1ccccc1. The molecule has 0 bridgehead atoms. The van der Waals surface area contributed by atoms with Gasteiger partial charge in [-0.3, -0.25) is 4.79 Å². The summed E-state index contributed by atoms with van der Waals surface area (Å²) in [6.45, 7) is 6.44. The Morgan fingerprint density at radius 3 is 2.44 bits per heavy atom. The van der Waals surface area contributed by atoms with E-state index in [4.69, 9.17) is 4.74 Å². The zero-order chi connectivity index (χ0) is 22.3. The van der Waals surface area contributed by atoms with E-state index in [-0.39, 0.29) is 12.0 Å². The van der Waals surface area contributed by atoms with Crippen LogP contribution >= 0.6 is 0 Å². The van der Waals surface area contributed by atoms with Crippen molar-refractivity contribution in [2.24, 2.45) is 0 Å². The maximum absolute atomic E-state index is 12.5. The Kier molecular flexibility index (Phi) is 6.97. The number of benzene rings is 1. The van der Waals surface area contributed by atoms with Crippen molar-refractivity contribution in [2.45, 2.75) is 19.6 Å². The Hall–Kier alpha value is -3.45.